The maximum Gasteiger partial charge on any atom is 0.254 e. The number of amides is 1. The first kappa shape index (κ1) is 23.2. The van der Waals surface area contributed by atoms with E-state index in [4.69, 9.17) is 18.9 Å². The highest BCUT2D eigenvalue weighted by molar-refractivity contribution is 5.96. The van der Waals surface area contributed by atoms with Gasteiger partial charge in [-0.3, -0.25) is 4.79 Å². The van der Waals surface area contributed by atoms with E-state index in [-0.39, 0.29) is 5.91 Å². The summed E-state index contributed by atoms with van der Waals surface area (Å²) >= 11 is 0. The monoisotopic (exact) mass is 459 g/mol. The molecule has 1 amide bonds. The van der Waals surface area contributed by atoms with Gasteiger partial charge in [-0.05, 0) is 30.2 Å². The zero-order valence-corrected chi connectivity index (χ0v) is 19.7. The second kappa shape index (κ2) is 10.8. The Kier molecular flexibility index (Phi) is 7.38. The fraction of sp³-hybridized carbons (Fsp3) is 0.250. The van der Waals surface area contributed by atoms with Gasteiger partial charge >= 0.3 is 0 Å². The van der Waals surface area contributed by atoms with Crippen LogP contribution in [0, 0.1) is 0 Å². The van der Waals surface area contributed by atoms with Crippen LogP contribution in [0.2, 0.25) is 0 Å². The van der Waals surface area contributed by atoms with E-state index >= 15 is 0 Å². The first-order valence-corrected chi connectivity index (χ1v) is 11.2. The van der Waals surface area contributed by atoms with E-state index in [1.54, 1.807) is 21.3 Å². The van der Waals surface area contributed by atoms with E-state index in [0.717, 1.165) is 22.4 Å². The average Bonchev–Trinajstić information content (AvgIpc) is 2.91. The number of hydrogen-bond donors (Lipinski definition) is 0. The fourth-order valence-corrected chi connectivity index (χ4v) is 4.11. The molecular weight excluding hydrogens is 430 g/mol. The molecular formula is C28H29NO5. The first-order valence-electron chi connectivity index (χ1n) is 11.2. The number of hydrogen-bond acceptors (Lipinski definition) is 5. The highest BCUT2D eigenvalue weighted by Crippen LogP contribution is 2.41. The molecule has 0 radical (unpaired) electrons. The third kappa shape index (κ3) is 5.01. The molecule has 0 fully saturated rings. The second-order valence-electron chi connectivity index (χ2n) is 7.90. The van der Waals surface area contributed by atoms with Crippen molar-refractivity contribution in [1.29, 1.82) is 0 Å². The molecule has 3 aromatic rings. The number of ether oxygens (including phenoxy) is 4. The first-order chi connectivity index (χ1) is 16.6. The molecule has 0 atom stereocenters. The van der Waals surface area contributed by atoms with Crippen molar-refractivity contribution in [3.63, 3.8) is 0 Å². The van der Waals surface area contributed by atoms with Crippen molar-refractivity contribution < 1.29 is 23.7 Å². The van der Waals surface area contributed by atoms with Crippen LogP contribution in [0.4, 0.5) is 0 Å². The van der Waals surface area contributed by atoms with Crippen LogP contribution >= 0.6 is 0 Å². The van der Waals surface area contributed by atoms with E-state index in [1.807, 2.05) is 71.6 Å². The molecule has 0 aliphatic carbocycles. The molecule has 1 aliphatic rings. The van der Waals surface area contributed by atoms with E-state index < -0.39 is 0 Å². The number of rotatable bonds is 8. The largest absolute Gasteiger partial charge is 0.496 e. The normalized spacial score (nSPS) is 13.1. The zero-order valence-electron chi connectivity index (χ0n) is 19.7. The van der Waals surface area contributed by atoms with E-state index in [0.29, 0.717) is 48.9 Å². The Morgan fingerprint density at radius 1 is 0.853 bits per heavy atom. The van der Waals surface area contributed by atoms with Crippen LogP contribution in [0.15, 0.2) is 72.8 Å². The molecule has 176 valence electrons. The van der Waals surface area contributed by atoms with Crippen LogP contribution in [0.25, 0.3) is 5.57 Å². The topological polar surface area (TPSA) is 57.2 Å². The Morgan fingerprint density at radius 2 is 1.53 bits per heavy atom. The summed E-state index contributed by atoms with van der Waals surface area (Å²) < 4.78 is 22.5. The van der Waals surface area contributed by atoms with Crippen molar-refractivity contribution in [3.05, 3.63) is 89.5 Å². The van der Waals surface area contributed by atoms with E-state index in [9.17, 15) is 4.79 Å². The highest BCUT2D eigenvalue weighted by atomic mass is 16.5. The number of para-hydroxylation sites is 1. The third-order valence-electron chi connectivity index (χ3n) is 5.92. The Labute approximate surface area is 200 Å². The summed E-state index contributed by atoms with van der Waals surface area (Å²) in [6.07, 6.45) is 2.75. The summed E-state index contributed by atoms with van der Waals surface area (Å²) in [5.74, 6) is 2.81. The molecule has 0 saturated carbocycles. The lowest BCUT2D eigenvalue weighted by Gasteiger charge is -2.28. The molecule has 6 nitrogen and oxygen atoms in total. The van der Waals surface area contributed by atoms with Gasteiger partial charge in [-0.25, -0.2) is 0 Å². The fourth-order valence-electron chi connectivity index (χ4n) is 4.11. The maximum atomic E-state index is 13.4. The van der Waals surface area contributed by atoms with Crippen molar-refractivity contribution in [3.8, 4) is 23.0 Å². The van der Waals surface area contributed by atoms with Crippen LogP contribution in [0.5, 0.6) is 23.0 Å². The van der Waals surface area contributed by atoms with Crippen LogP contribution in [-0.2, 0) is 6.61 Å². The summed E-state index contributed by atoms with van der Waals surface area (Å²) in [7, 11) is 4.87. The molecule has 1 heterocycles. The van der Waals surface area contributed by atoms with Gasteiger partial charge in [-0.2, -0.15) is 0 Å². The molecule has 34 heavy (non-hydrogen) atoms. The molecule has 4 rings (SSSR count). The van der Waals surface area contributed by atoms with Crippen molar-refractivity contribution >= 4 is 11.5 Å². The predicted molar refractivity (Wildman–Crippen MR) is 132 cm³/mol. The smallest absolute Gasteiger partial charge is 0.254 e. The average molecular weight is 460 g/mol. The van der Waals surface area contributed by atoms with Gasteiger partial charge in [0.2, 0.25) is 0 Å². The Hall–Kier alpha value is -3.93. The summed E-state index contributed by atoms with van der Waals surface area (Å²) in [6.45, 7) is 1.43. The van der Waals surface area contributed by atoms with Gasteiger partial charge in [-0.1, -0.05) is 42.5 Å². The molecule has 3 aromatic carbocycles. The summed E-state index contributed by atoms with van der Waals surface area (Å²) in [5, 5.41) is 0. The van der Waals surface area contributed by atoms with Gasteiger partial charge in [0.15, 0.2) is 0 Å². The summed E-state index contributed by atoms with van der Waals surface area (Å²) in [6, 6.07) is 20.9. The quantitative estimate of drug-likeness (QED) is 0.462. The van der Waals surface area contributed by atoms with Gasteiger partial charge in [0.25, 0.3) is 5.91 Å². The van der Waals surface area contributed by atoms with Gasteiger partial charge in [0.05, 0.1) is 26.9 Å². The highest BCUT2D eigenvalue weighted by Gasteiger charge is 2.24. The molecule has 0 spiro atoms. The number of carbonyl (C=O) groups excluding carboxylic acids is 1. The molecule has 0 N–H and O–H groups in total. The number of benzene rings is 3. The number of methoxy groups -OCH3 is 3. The van der Waals surface area contributed by atoms with Crippen molar-refractivity contribution in [1.82, 2.24) is 4.90 Å². The lowest BCUT2D eigenvalue weighted by Crippen LogP contribution is -2.35. The summed E-state index contributed by atoms with van der Waals surface area (Å²) in [4.78, 5) is 15.2. The SMILES string of the molecule is COc1cc(OC)c(C2=CCN(C(=O)c3ccccc3COc3ccccc3)CC2)c(OC)c1. The number of carbonyl (C=O) groups is 1. The molecule has 0 aromatic heterocycles. The Balaban J connectivity index is 1.52. The Bertz CT molecular complexity index is 1150. The van der Waals surface area contributed by atoms with E-state index in [2.05, 4.69) is 6.08 Å². The lowest BCUT2D eigenvalue weighted by atomic mass is 9.96. The van der Waals surface area contributed by atoms with Crippen molar-refractivity contribution in [2.24, 2.45) is 0 Å². The van der Waals surface area contributed by atoms with Crippen LogP contribution < -0.4 is 18.9 Å². The van der Waals surface area contributed by atoms with Crippen molar-refractivity contribution in [2.45, 2.75) is 13.0 Å². The molecule has 0 unspecified atom stereocenters. The molecule has 1 aliphatic heterocycles. The van der Waals surface area contributed by atoms with Crippen molar-refractivity contribution in [2.75, 3.05) is 34.4 Å². The molecule has 0 bridgehead atoms. The maximum absolute atomic E-state index is 13.4. The van der Waals surface area contributed by atoms with Crippen LogP contribution in [-0.4, -0.2) is 45.2 Å². The second-order valence-corrected chi connectivity index (χ2v) is 7.90. The van der Waals surface area contributed by atoms with E-state index in [1.165, 1.54) is 0 Å². The molecule has 6 heteroatoms. The van der Waals surface area contributed by atoms with Crippen LogP contribution in [0.1, 0.15) is 27.9 Å². The minimum Gasteiger partial charge on any atom is -0.496 e. The standard InChI is InChI=1S/C28H29NO5/c1-31-23-17-25(32-2)27(26(18-23)33-3)20-13-15-29(16-14-20)28(30)24-12-8-7-9-21(24)19-34-22-10-5-4-6-11-22/h4-13,17-18H,14-16,19H2,1-3H3. The van der Waals surface area contributed by atoms with Gasteiger partial charge in [-0.15, -0.1) is 0 Å². The molecule has 0 saturated heterocycles. The third-order valence-corrected chi connectivity index (χ3v) is 5.92. The number of nitrogens with zero attached hydrogens (tertiary/aromatic N) is 1. The minimum absolute atomic E-state index is 0.00350. The van der Waals surface area contributed by atoms with Gasteiger partial charge in [0.1, 0.15) is 29.6 Å². The van der Waals surface area contributed by atoms with Crippen LogP contribution in [0.3, 0.4) is 0 Å². The predicted octanol–water partition coefficient (Wildman–Crippen LogP) is 5.22. The zero-order chi connectivity index (χ0) is 23.9. The van der Waals surface area contributed by atoms with Gasteiger partial charge in [0, 0.05) is 36.3 Å². The summed E-state index contributed by atoms with van der Waals surface area (Å²) in [5.41, 5.74) is 3.51. The van der Waals surface area contributed by atoms with Gasteiger partial charge < -0.3 is 23.8 Å². The minimum atomic E-state index is -0.00350. The lowest BCUT2D eigenvalue weighted by molar-refractivity contribution is 0.0770. The Morgan fingerprint density at radius 3 is 2.15 bits per heavy atom.